The van der Waals surface area contributed by atoms with Crippen molar-refractivity contribution in [2.24, 2.45) is 0 Å². The third-order valence-electron chi connectivity index (χ3n) is 5.07. The van der Waals surface area contributed by atoms with Crippen LogP contribution in [-0.4, -0.2) is 52.3 Å². The SMILES string of the molecule is CN1CCC2(CC1)CC(c1cnc3ccc(O)cc3n1)CO2. The van der Waals surface area contributed by atoms with Crippen molar-refractivity contribution in [3.05, 3.63) is 30.1 Å². The summed E-state index contributed by atoms with van der Waals surface area (Å²) in [6.45, 7) is 2.93. The third kappa shape index (κ3) is 2.44. The summed E-state index contributed by atoms with van der Waals surface area (Å²) in [4.78, 5) is 11.5. The second-order valence-corrected chi connectivity index (χ2v) is 6.67. The van der Waals surface area contributed by atoms with Crippen molar-refractivity contribution >= 4 is 11.0 Å². The third-order valence-corrected chi connectivity index (χ3v) is 5.07. The molecule has 116 valence electrons. The number of ether oxygens (including phenoxy) is 1. The molecule has 2 fully saturated rings. The van der Waals surface area contributed by atoms with Gasteiger partial charge in [-0.2, -0.15) is 0 Å². The highest BCUT2D eigenvalue weighted by Crippen LogP contribution is 2.42. The number of benzene rings is 1. The molecule has 0 radical (unpaired) electrons. The first-order valence-corrected chi connectivity index (χ1v) is 7.92. The molecule has 1 unspecified atom stereocenters. The van der Waals surface area contributed by atoms with Crippen LogP contribution in [0.15, 0.2) is 24.4 Å². The molecular weight excluding hydrogens is 278 g/mol. The largest absolute Gasteiger partial charge is 0.508 e. The topological polar surface area (TPSA) is 58.5 Å². The first-order chi connectivity index (χ1) is 10.6. The predicted octanol–water partition coefficient (Wildman–Crippen LogP) is 2.30. The number of likely N-dealkylation sites (tertiary alicyclic amines) is 1. The van der Waals surface area contributed by atoms with Crippen LogP contribution >= 0.6 is 0 Å². The van der Waals surface area contributed by atoms with Gasteiger partial charge in [-0.3, -0.25) is 4.98 Å². The summed E-state index contributed by atoms with van der Waals surface area (Å²) in [6.07, 6.45) is 5.09. The summed E-state index contributed by atoms with van der Waals surface area (Å²) in [5, 5.41) is 9.61. The molecule has 0 saturated carbocycles. The standard InChI is InChI=1S/C17H21N3O2/c1-20-6-4-17(5-7-20)9-12(11-22-17)16-10-18-14-3-2-13(21)8-15(14)19-16/h2-3,8,10,12,21H,4-7,9,11H2,1H3. The molecule has 1 N–H and O–H groups in total. The van der Waals surface area contributed by atoms with Crippen molar-refractivity contribution in [3.63, 3.8) is 0 Å². The summed E-state index contributed by atoms with van der Waals surface area (Å²) < 4.78 is 6.19. The lowest BCUT2D eigenvalue weighted by molar-refractivity contribution is -0.0392. The van der Waals surface area contributed by atoms with Crippen LogP contribution in [0.4, 0.5) is 0 Å². The molecule has 2 aliphatic rings. The molecule has 5 heteroatoms. The number of aromatic hydroxyl groups is 1. The van der Waals surface area contributed by atoms with E-state index in [0.717, 1.165) is 55.7 Å². The predicted molar refractivity (Wildman–Crippen MR) is 84.0 cm³/mol. The molecule has 0 bridgehead atoms. The van der Waals surface area contributed by atoms with Gasteiger partial charge in [0, 0.05) is 31.3 Å². The molecule has 22 heavy (non-hydrogen) atoms. The van der Waals surface area contributed by atoms with Gasteiger partial charge < -0.3 is 14.7 Å². The first kappa shape index (κ1) is 13.9. The van der Waals surface area contributed by atoms with Crippen LogP contribution in [-0.2, 0) is 4.74 Å². The number of aromatic nitrogens is 2. The number of hydrogen-bond donors (Lipinski definition) is 1. The first-order valence-electron chi connectivity index (χ1n) is 7.92. The Kier molecular flexibility index (Phi) is 3.27. The highest BCUT2D eigenvalue weighted by molar-refractivity contribution is 5.75. The minimum atomic E-state index is 0.0344. The van der Waals surface area contributed by atoms with E-state index in [0.29, 0.717) is 5.92 Å². The zero-order valence-corrected chi connectivity index (χ0v) is 12.8. The van der Waals surface area contributed by atoms with Gasteiger partial charge in [-0.1, -0.05) is 0 Å². The van der Waals surface area contributed by atoms with E-state index < -0.39 is 0 Å². The fraction of sp³-hybridized carbons (Fsp3) is 0.529. The molecule has 5 nitrogen and oxygen atoms in total. The number of nitrogens with zero attached hydrogens (tertiary/aromatic N) is 3. The molecule has 2 aliphatic heterocycles. The van der Waals surface area contributed by atoms with Crippen LogP contribution in [0.2, 0.25) is 0 Å². The number of fused-ring (bicyclic) bond motifs is 1. The van der Waals surface area contributed by atoms with Crippen molar-refractivity contribution in [1.82, 2.24) is 14.9 Å². The minimum absolute atomic E-state index is 0.0344. The number of rotatable bonds is 1. The fourth-order valence-corrected chi connectivity index (χ4v) is 3.62. The van der Waals surface area contributed by atoms with Gasteiger partial charge in [0.15, 0.2) is 0 Å². The molecule has 4 rings (SSSR count). The highest BCUT2D eigenvalue weighted by atomic mass is 16.5. The Balaban J connectivity index is 1.58. The summed E-state index contributed by atoms with van der Waals surface area (Å²) in [5.41, 5.74) is 2.58. The van der Waals surface area contributed by atoms with Crippen molar-refractivity contribution in [1.29, 1.82) is 0 Å². The lowest BCUT2D eigenvalue weighted by Crippen LogP contribution is -2.42. The molecule has 1 aromatic carbocycles. The Morgan fingerprint density at radius 3 is 2.91 bits per heavy atom. The number of phenols is 1. The number of phenolic OH excluding ortho intramolecular Hbond substituents is 1. The van der Waals surface area contributed by atoms with E-state index in [4.69, 9.17) is 9.72 Å². The molecular formula is C17H21N3O2. The van der Waals surface area contributed by atoms with Gasteiger partial charge in [0.25, 0.3) is 0 Å². The normalized spacial score (nSPS) is 25.0. The van der Waals surface area contributed by atoms with Crippen LogP contribution in [0, 0.1) is 0 Å². The minimum Gasteiger partial charge on any atom is -0.508 e. The van der Waals surface area contributed by atoms with E-state index in [2.05, 4.69) is 16.9 Å². The molecule has 2 saturated heterocycles. The van der Waals surface area contributed by atoms with Gasteiger partial charge in [-0.15, -0.1) is 0 Å². The van der Waals surface area contributed by atoms with E-state index in [9.17, 15) is 5.11 Å². The van der Waals surface area contributed by atoms with Crippen molar-refractivity contribution in [3.8, 4) is 5.75 Å². The highest BCUT2D eigenvalue weighted by Gasteiger charge is 2.43. The van der Waals surface area contributed by atoms with Crippen LogP contribution in [0.5, 0.6) is 5.75 Å². The summed E-state index contributed by atoms with van der Waals surface area (Å²) in [6, 6.07) is 5.11. The second kappa shape index (κ2) is 5.18. The maximum atomic E-state index is 9.61. The van der Waals surface area contributed by atoms with Crippen LogP contribution in [0.3, 0.4) is 0 Å². The van der Waals surface area contributed by atoms with Gasteiger partial charge in [-0.25, -0.2) is 4.98 Å². The van der Waals surface area contributed by atoms with Crippen molar-refractivity contribution in [2.45, 2.75) is 30.8 Å². The van der Waals surface area contributed by atoms with Crippen LogP contribution in [0.1, 0.15) is 30.9 Å². The second-order valence-electron chi connectivity index (χ2n) is 6.67. The Labute approximate surface area is 129 Å². The Hall–Kier alpha value is -1.72. The maximum Gasteiger partial charge on any atom is 0.117 e. The van der Waals surface area contributed by atoms with Crippen molar-refractivity contribution < 1.29 is 9.84 Å². The van der Waals surface area contributed by atoms with Gasteiger partial charge >= 0.3 is 0 Å². The maximum absolute atomic E-state index is 9.61. The monoisotopic (exact) mass is 299 g/mol. The lowest BCUT2D eigenvalue weighted by Gasteiger charge is -2.37. The smallest absolute Gasteiger partial charge is 0.117 e. The van der Waals surface area contributed by atoms with Gasteiger partial charge in [0.1, 0.15) is 5.75 Å². The Morgan fingerprint density at radius 1 is 1.27 bits per heavy atom. The molecule has 0 aliphatic carbocycles. The fourth-order valence-electron chi connectivity index (χ4n) is 3.62. The average Bonchev–Trinajstić information content (AvgIpc) is 2.94. The quantitative estimate of drug-likeness (QED) is 0.875. The molecule has 3 heterocycles. The van der Waals surface area contributed by atoms with E-state index >= 15 is 0 Å². The van der Waals surface area contributed by atoms with Gasteiger partial charge in [0.05, 0.1) is 28.9 Å². The van der Waals surface area contributed by atoms with Gasteiger partial charge in [0.2, 0.25) is 0 Å². The molecule has 1 spiro atoms. The van der Waals surface area contributed by atoms with E-state index in [1.807, 2.05) is 6.20 Å². The van der Waals surface area contributed by atoms with E-state index in [-0.39, 0.29) is 11.4 Å². The molecule has 2 aromatic rings. The zero-order valence-electron chi connectivity index (χ0n) is 12.8. The van der Waals surface area contributed by atoms with Crippen LogP contribution in [0.25, 0.3) is 11.0 Å². The Morgan fingerprint density at radius 2 is 2.09 bits per heavy atom. The van der Waals surface area contributed by atoms with Gasteiger partial charge in [-0.05, 0) is 38.4 Å². The van der Waals surface area contributed by atoms with Crippen molar-refractivity contribution in [2.75, 3.05) is 26.7 Å². The Bertz CT molecular complexity index is 695. The average molecular weight is 299 g/mol. The lowest BCUT2D eigenvalue weighted by atomic mass is 9.84. The zero-order chi connectivity index (χ0) is 15.2. The van der Waals surface area contributed by atoms with E-state index in [1.165, 1.54) is 0 Å². The molecule has 1 atom stereocenters. The molecule has 0 amide bonds. The molecule has 1 aromatic heterocycles. The number of piperidine rings is 1. The summed E-state index contributed by atoms with van der Waals surface area (Å²) >= 11 is 0. The summed E-state index contributed by atoms with van der Waals surface area (Å²) in [7, 11) is 2.17. The summed E-state index contributed by atoms with van der Waals surface area (Å²) in [5.74, 6) is 0.538. The number of hydrogen-bond acceptors (Lipinski definition) is 5. The van der Waals surface area contributed by atoms with Crippen LogP contribution < -0.4 is 0 Å². The van der Waals surface area contributed by atoms with E-state index in [1.54, 1.807) is 18.2 Å².